The van der Waals surface area contributed by atoms with Gasteiger partial charge >= 0.3 is 11.1 Å². The number of nitrogens with zero attached hydrogens (tertiary/aromatic N) is 4. The van der Waals surface area contributed by atoms with E-state index in [0.29, 0.717) is 25.0 Å². The molecule has 0 spiro atoms. The predicted molar refractivity (Wildman–Crippen MR) is 96.0 cm³/mol. The van der Waals surface area contributed by atoms with Crippen molar-refractivity contribution in [1.29, 1.82) is 0 Å². The minimum atomic E-state index is -0.523. The molecular formula is C19H24N4O2. The van der Waals surface area contributed by atoms with Gasteiger partial charge in [-0.05, 0) is 26.3 Å². The third-order valence-electron chi connectivity index (χ3n) is 5.56. The van der Waals surface area contributed by atoms with E-state index in [1.807, 2.05) is 31.2 Å². The molecule has 1 saturated heterocycles. The Labute approximate surface area is 146 Å². The maximum Gasteiger partial charge on any atom is 0.332 e. The lowest BCUT2D eigenvalue weighted by Crippen LogP contribution is -2.44. The molecule has 6 heteroatoms. The average molecular weight is 340 g/mol. The smallest absolute Gasteiger partial charge is 0.300 e. The van der Waals surface area contributed by atoms with Gasteiger partial charge in [-0.3, -0.25) is 19.1 Å². The van der Waals surface area contributed by atoms with Crippen LogP contribution >= 0.6 is 0 Å². The van der Waals surface area contributed by atoms with Crippen molar-refractivity contribution < 1.29 is 0 Å². The summed E-state index contributed by atoms with van der Waals surface area (Å²) in [5.74, 6) is 1.42. The first-order valence-electron chi connectivity index (χ1n) is 8.95. The highest BCUT2D eigenvalue weighted by atomic mass is 16.2. The van der Waals surface area contributed by atoms with E-state index in [-0.39, 0.29) is 5.92 Å². The molecule has 1 aromatic carbocycles. The van der Waals surface area contributed by atoms with Crippen LogP contribution in [0.25, 0.3) is 0 Å². The van der Waals surface area contributed by atoms with E-state index in [4.69, 9.17) is 0 Å². The molecule has 6 nitrogen and oxygen atoms in total. The maximum absolute atomic E-state index is 12.5. The molecule has 0 bridgehead atoms. The Bertz CT molecular complexity index is 911. The fraction of sp³-hybridized carbons (Fsp3) is 0.526. The van der Waals surface area contributed by atoms with Crippen LogP contribution in [0.3, 0.4) is 0 Å². The summed E-state index contributed by atoms with van der Waals surface area (Å²) in [6.45, 7) is 9.26. The van der Waals surface area contributed by atoms with Crippen LogP contribution in [-0.4, -0.2) is 38.4 Å². The number of aromatic nitrogens is 3. The van der Waals surface area contributed by atoms with Gasteiger partial charge in [-0.1, -0.05) is 29.8 Å². The van der Waals surface area contributed by atoms with E-state index in [2.05, 4.69) is 23.8 Å². The Kier molecular flexibility index (Phi) is 3.87. The van der Waals surface area contributed by atoms with Gasteiger partial charge in [0.05, 0.1) is 6.54 Å². The van der Waals surface area contributed by atoms with Crippen molar-refractivity contribution >= 4 is 0 Å². The minimum absolute atomic E-state index is 0.250. The lowest BCUT2D eigenvalue weighted by molar-refractivity contribution is 0.256. The first kappa shape index (κ1) is 16.3. The molecule has 0 saturated carbocycles. The normalized spacial score (nSPS) is 22.4. The molecule has 0 amide bonds. The molecule has 25 heavy (non-hydrogen) atoms. The second-order valence-electron chi connectivity index (χ2n) is 7.64. The summed E-state index contributed by atoms with van der Waals surface area (Å²) in [5.41, 5.74) is 1.20. The van der Waals surface area contributed by atoms with Crippen LogP contribution in [-0.2, 0) is 13.1 Å². The SMILES string of the molecule is Cc1ccc(Cn2nc3n(c(=O)c2=O)C[C@@H]2CN(C(C)C)C[C@@H]32)cc1. The van der Waals surface area contributed by atoms with Gasteiger partial charge < -0.3 is 0 Å². The topological polar surface area (TPSA) is 60.1 Å². The Morgan fingerprint density at radius 2 is 1.80 bits per heavy atom. The van der Waals surface area contributed by atoms with Crippen LogP contribution in [0.15, 0.2) is 33.9 Å². The summed E-state index contributed by atoms with van der Waals surface area (Å²) in [7, 11) is 0. The van der Waals surface area contributed by atoms with Crippen molar-refractivity contribution in [2.45, 2.75) is 45.8 Å². The predicted octanol–water partition coefficient (Wildman–Crippen LogP) is 1.20. The monoisotopic (exact) mass is 340 g/mol. The van der Waals surface area contributed by atoms with E-state index in [1.54, 1.807) is 4.57 Å². The first-order chi connectivity index (χ1) is 11.9. The number of fused-ring (bicyclic) bond motifs is 3. The first-order valence-corrected chi connectivity index (χ1v) is 8.95. The molecule has 2 aromatic rings. The van der Waals surface area contributed by atoms with E-state index >= 15 is 0 Å². The van der Waals surface area contributed by atoms with Crippen LogP contribution in [0.2, 0.25) is 0 Å². The van der Waals surface area contributed by atoms with Gasteiger partial charge in [0, 0.05) is 37.5 Å². The van der Waals surface area contributed by atoms with Crippen molar-refractivity contribution in [2.75, 3.05) is 13.1 Å². The highest BCUT2D eigenvalue weighted by molar-refractivity contribution is 5.21. The molecule has 0 unspecified atom stereocenters. The summed E-state index contributed by atoms with van der Waals surface area (Å²) in [6, 6.07) is 8.46. The molecule has 0 aliphatic carbocycles. The highest BCUT2D eigenvalue weighted by Gasteiger charge is 2.43. The van der Waals surface area contributed by atoms with E-state index in [1.165, 1.54) is 10.2 Å². The Hall–Kier alpha value is -2.21. The summed E-state index contributed by atoms with van der Waals surface area (Å²) < 4.78 is 2.96. The van der Waals surface area contributed by atoms with E-state index in [0.717, 1.165) is 24.5 Å². The molecule has 1 fully saturated rings. The van der Waals surface area contributed by atoms with Crippen LogP contribution in [0.5, 0.6) is 0 Å². The van der Waals surface area contributed by atoms with Crippen LogP contribution in [0.4, 0.5) is 0 Å². The fourth-order valence-electron chi connectivity index (χ4n) is 4.02. The number of benzene rings is 1. The zero-order valence-electron chi connectivity index (χ0n) is 15.0. The third-order valence-corrected chi connectivity index (χ3v) is 5.56. The van der Waals surface area contributed by atoms with Crippen molar-refractivity contribution in [3.63, 3.8) is 0 Å². The number of aryl methyl sites for hydroxylation is 1. The second kappa shape index (κ2) is 5.95. The highest BCUT2D eigenvalue weighted by Crippen LogP contribution is 2.37. The lowest BCUT2D eigenvalue weighted by atomic mass is 10.00. The Balaban J connectivity index is 1.70. The Morgan fingerprint density at radius 1 is 1.08 bits per heavy atom. The molecule has 2 atom stereocenters. The molecule has 3 heterocycles. The van der Waals surface area contributed by atoms with Crippen molar-refractivity contribution in [2.24, 2.45) is 5.92 Å². The molecule has 2 aliphatic heterocycles. The number of likely N-dealkylation sites (tertiary alicyclic amines) is 1. The van der Waals surface area contributed by atoms with Gasteiger partial charge in [0.1, 0.15) is 5.82 Å². The van der Waals surface area contributed by atoms with Crippen LogP contribution in [0.1, 0.15) is 36.7 Å². The summed E-state index contributed by atoms with van der Waals surface area (Å²) in [4.78, 5) is 27.4. The summed E-state index contributed by atoms with van der Waals surface area (Å²) >= 11 is 0. The molecular weight excluding hydrogens is 316 g/mol. The second-order valence-corrected chi connectivity index (χ2v) is 7.64. The molecule has 4 rings (SSSR count). The van der Waals surface area contributed by atoms with Crippen LogP contribution in [0, 0.1) is 12.8 Å². The zero-order chi connectivity index (χ0) is 17.7. The molecule has 1 aromatic heterocycles. The fourth-order valence-corrected chi connectivity index (χ4v) is 4.02. The van der Waals surface area contributed by atoms with Gasteiger partial charge in [-0.25, -0.2) is 4.68 Å². The number of hydrogen-bond acceptors (Lipinski definition) is 4. The lowest BCUT2D eigenvalue weighted by Gasteiger charge is -2.21. The zero-order valence-corrected chi connectivity index (χ0v) is 15.0. The molecule has 0 radical (unpaired) electrons. The van der Waals surface area contributed by atoms with Crippen molar-refractivity contribution in [3.05, 3.63) is 61.9 Å². The Morgan fingerprint density at radius 3 is 2.48 bits per heavy atom. The van der Waals surface area contributed by atoms with Crippen molar-refractivity contribution in [3.8, 4) is 0 Å². The van der Waals surface area contributed by atoms with Gasteiger partial charge in [0.15, 0.2) is 0 Å². The standard InChI is InChI=1S/C19H24N4O2/c1-12(2)21-9-15-10-22-17(16(15)11-21)20-23(19(25)18(22)24)8-14-6-4-13(3)5-7-14/h4-7,12,15-16H,8-11H2,1-3H3/t15-,16+/m0/s1. The molecule has 2 aliphatic rings. The van der Waals surface area contributed by atoms with Gasteiger partial charge in [-0.15, -0.1) is 0 Å². The van der Waals surface area contributed by atoms with E-state index in [9.17, 15) is 9.59 Å². The van der Waals surface area contributed by atoms with Crippen molar-refractivity contribution in [1.82, 2.24) is 19.2 Å². The van der Waals surface area contributed by atoms with Gasteiger partial charge in [-0.2, -0.15) is 5.10 Å². The van der Waals surface area contributed by atoms with Gasteiger partial charge in [0.25, 0.3) is 0 Å². The third kappa shape index (κ3) is 2.74. The minimum Gasteiger partial charge on any atom is -0.300 e. The van der Waals surface area contributed by atoms with E-state index < -0.39 is 11.1 Å². The summed E-state index contributed by atoms with van der Waals surface area (Å²) in [5, 5.41) is 4.61. The average Bonchev–Trinajstić information content (AvgIpc) is 3.13. The molecule has 132 valence electrons. The largest absolute Gasteiger partial charge is 0.332 e. The number of hydrogen-bond donors (Lipinski definition) is 0. The van der Waals surface area contributed by atoms with Crippen LogP contribution < -0.4 is 11.1 Å². The number of rotatable bonds is 3. The maximum atomic E-state index is 12.5. The molecule has 0 N–H and O–H groups in total. The quantitative estimate of drug-likeness (QED) is 0.788. The summed E-state index contributed by atoms with van der Waals surface area (Å²) in [6.07, 6.45) is 0. The van der Waals surface area contributed by atoms with Gasteiger partial charge in [0.2, 0.25) is 0 Å².